The molecule has 0 spiro atoms. The van der Waals surface area contributed by atoms with E-state index < -0.39 is 4.92 Å². The first-order valence-corrected chi connectivity index (χ1v) is 5.58. The molecular formula is C13H11N3O3. The molecule has 96 valence electrons. The van der Waals surface area contributed by atoms with E-state index >= 15 is 0 Å². The first-order valence-electron chi connectivity index (χ1n) is 5.58. The molecule has 0 aliphatic heterocycles. The van der Waals surface area contributed by atoms with Crippen molar-refractivity contribution in [3.63, 3.8) is 0 Å². The fraction of sp³-hybridized carbons (Fsp3) is 0.154. The van der Waals surface area contributed by atoms with Crippen molar-refractivity contribution in [1.29, 1.82) is 5.26 Å². The average Bonchev–Trinajstić information content (AvgIpc) is 2.85. The van der Waals surface area contributed by atoms with E-state index in [1.165, 1.54) is 12.1 Å². The number of non-ortho nitro benzene ring substituents is 1. The van der Waals surface area contributed by atoms with Gasteiger partial charge in [-0.2, -0.15) is 5.26 Å². The Balaban J connectivity index is 2.12. The number of nitrogens with zero attached hydrogens (tertiary/aromatic N) is 2. The quantitative estimate of drug-likeness (QED) is 0.671. The summed E-state index contributed by atoms with van der Waals surface area (Å²) in [6.07, 6.45) is 0. The molecule has 19 heavy (non-hydrogen) atoms. The highest BCUT2D eigenvalue weighted by Crippen LogP contribution is 2.22. The minimum atomic E-state index is -0.439. The Morgan fingerprint density at radius 2 is 2.21 bits per heavy atom. The van der Waals surface area contributed by atoms with Crippen LogP contribution in [0.15, 0.2) is 34.7 Å². The minimum Gasteiger partial charge on any atom is -0.449 e. The molecule has 0 bridgehead atoms. The molecular weight excluding hydrogens is 246 g/mol. The molecule has 0 amide bonds. The van der Waals surface area contributed by atoms with Crippen molar-refractivity contribution in [2.24, 2.45) is 0 Å². The zero-order valence-electron chi connectivity index (χ0n) is 10.2. The maximum atomic E-state index is 10.7. The summed E-state index contributed by atoms with van der Waals surface area (Å²) in [5.41, 5.74) is 1.60. The van der Waals surface area contributed by atoms with Gasteiger partial charge in [0.15, 0.2) is 0 Å². The van der Waals surface area contributed by atoms with Gasteiger partial charge in [0.1, 0.15) is 11.8 Å². The van der Waals surface area contributed by atoms with Crippen LogP contribution in [0.5, 0.6) is 0 Å². The summed E-state index contributed by atoms with van der Waals surface area (Å²) in [4.78, 5) is 10.3. The molecule has 6 nitrogen and oxygen atoms in total. The standard InChI is InChI=1S/C13H11N3O3/c1-9-2-3-10(16(17)18)6-13(9)15-8-12-5-4-11(7-14)19-12/h2-6,15H,8H2,1H3. The summed E-state index contributed by atoms with van der Waals surface area (Å²) in [7, 11) is 0. The molecule has 0 saturated carbocycles. The predicted octanol–water partition coefficient (Wildman–Crippen LogP) is 2.98. The van der Waals surface area contributed by atoms with Crippen LogP contribution in [0, 0.1) is 28.4 Å². The largest absolute Gasteiger partial charge is 0.449 e. The number of aryl methyl sites for hydroxylation is 1. The van der Waals surface area contributed by atoms with Gasteiger partial charge in [-0.15, -0.1) is 0 Å². The SMILES string of the molecule is Cc1ccc([N+](=O)[O-])cc1NCc1ccc(C#N)o1. The van der Waals surface area contributed by atoms with Crippen LogP contribution < -0.4 is 5.32 Å². The van der Waals surface area contributed by atoms with Gasteiger partial charge in [0.25, 0.3) is 5.69 Å². The molecule has 2 aromatic rings. The van der Waals surface area contributed by atoms with Crippen LogP contribution in [0.3, 0.4) is 0 Å². The Morgan fingerprint density at radius 1 is 1.42 bits per heavy atom. The molecule has 0 aliphatic carbocycles. The summed E-state index contributed by atoms with van der Waals surface area (Å²) >= 11 is 0. The molecule has 0 fully saturated rings. The lowest BCUT2D eigenvalue weighted by molar-refractivity contribution is -0.384. The van der Waals surface area contributed by atoms with Gasteiger partial charge in [-0.1, -0.05) is 6.07 Å². The zero-order chi connectivity index (χ0) is 13.8. The van der Waals surface area contributed by atoms with Crippen molar-refractivity contribution in [1.82, 2.24) is 0 Å². The van der Waals surface area contributed by atoms with Gasteiger partial charge in [-0.25, -0.2) is 0 Å². The first-order chi connectivity index (χ1) is 9.10. The van der Waals surface area contributed by atoms with Crippen molar-refractivity contribution in [2.75, 3.05) is 5.32 Å². The van der Waals surface area contributed by atoms with Crippen LogP contribution in [-0.4, -0.2) is 4.92 Å². The number of nitro groups is 1. The second-order valence-corrected chi connectivity index (χ2v) is 3.99. The van der Waals surface area contributed by atoms with Crippen LogP contribution in [0.25, 0.3) is 0 Å². The van der Waals surface area contributed by atoms with Crippen molar-refractivity contribution in [3.05, 3.63) is 57.5 Å². The topological polar surface area (TPSA) is 92.1 Å². The summed E-state index contributed by atoms with van der Waals surface area (Å²) in [6.45, 7) is 2.22. The van der Waals surface area contributed by atoms with Gasteiger partial charge in [-0.3, -0.25) is 10.1 Å². The predicted molar refractivity (Wildman–Crippen MR) is 68.6 cm³/mol. The monoisotopic (exact) mass is 257 g/mol. The minimum absolute atomic E-state index is 0.0326. The van der Waals surface area contributed by atoms with E-state index in [-0.39, 0.29) is 11.4 Å². The normalized spacial score (nSPS) is 9.89. The van der Waals surface area contributed by atoms with E-state index in [1.807, 2.05) is 13.0 Å². The summed E-state index contributed by atoms with van der Waals surface area (Å²) in [5.74, 6) is 0.843. The Bertz CT molecular complexity index is 655. The lowest BCUT2D eigenvalue weighted by atomic mass is 10.2. The van der Waals surface area contributed by atoms with Crippen LogP contribution in [-0.2, 0) is 6.54 Å². The van der Waals surface area contributed by atoms with E-state index in [1.54, 1.807) is 18.2 Å². The van der Waals surface area contributed by atoms with Gasteiger partial charge < -0.3 is 9.73 Å². The fourth-order valence-corrected chi connectivity index (χ4v) is 1.63. The van der Waals surface area contributed by atoms with Crippen molar-refractivity contribution < 1.29 is 9.34 Å². The summed E-state index contributed by atoms with van der Waals surface area (Å²) in [6, 6.07) is 9.79. The Labute approximate surface area is 109 Å². The lowest BCUT2D eigenvalue weighted by Gasteiger charge is -2.07. The Hall–Kier alpha value is -2.81. The molecule has 0 radical (unpaired) electrons. The third-order valence-corrected chi connectivity index (χ3v) is 2.66. The first kappa shape index (κ1) is 12.6. The number of rotatable bonds is 4. The number of nitrogens with one attached hydrogen (secondary N) is 1. The van der Waals surface area contributed by atoms with Crippen molar-refractivity contribution in [2.45, 2.75) is 13.5 Å². The maximum Gasteiger partial charge on any atom is 0.271 e. The number of hydrogen-bond donors (Lipinski definition) is 1. The van der Waals surface area contributed by atoms with Crippen LogP contribution >= 0.6 is 0 Å². The highest BCUT2D eigenvalue weighted by atomic mass is 16.6. The van der Waals surface area contributed by atoms with Gasteiger partial charge in [0, 0.05) is 17.8 Å². The summed E-state index contributed by atoms with van der Waals surface area (Å²) in [5, 5.41) is 22.4. The number of hydrogen-bond acceptors (Lipinski definition) is 5. The number of nitro benzene ring substituents is 1. The molecule has 1 aromatic heterocycles. The molecule has 1 aromatic carbocycles. The fourth-order valence-electron chi connectivity index (χ4n) is 1.63. The molecule has 0 unspecified atom stereocenters. The second-order valence-electron chi connectivity index (χ2n) is 3.99. The number of anilines is 1. The average molecular weight is 257 g/mol. The number of furan rings is 1. The van der Waals surface area contributed by atoms with E-state index in [0.717, 1.165) is 5.56 Å². The van der Waals surface area contributed by atoms with Crippen molar-refractivity contribution >= 4 is 11.4 Å². The van der Waals surface area contributed by atoms with Gasteiger partial charge >= 0.3 is 0 Å². The Morgan fingerprint density at radius 3 is 2.84 bits per heavy atom. The van der Waals surface area contributed by atoms with Crippen LogP contribution in [0.4, 0.5) is 11.4 Å². The summed E-state index contributed by atoms with van der Waals surface area (Å²) < 4.78 is 5.21. The second kappa shape index (κ2) is 5.23. The zero-order valence-corrected chi connectivity index (χ0v) is 10.2. The van der Waals surface area contributed by atoms with Crippen LogP contribution in [0.1, 0.15) is 17.1 Å². The van der Waals surface area contributed by atoms with Gasteiger partial charge in [0.2, 0.25) is 5.76 Å². The molecule has 0 saturated heterocycles. The highest BCUT2D eigenvalue weighted by Gasteiger charge is 2.09. The van der Waals surface area contributed by atoms with E-state index in [9.17, 15) is 10.1 Å². The number of nitriles is 1. The van der Waals surface area contributed by atoms with Gasteiger partial charge in [-0.05, 0) is 24.6 Å². The highest BCUT2D eigenvalue weighted by molar-refractivity contribution is 5.56. The third-order valence-electron chi connectivity index (χ3n) is 2.66. The lowest BCUT2D eigenvalue weighted by Crippen LogP contribution is -2.01. The van der Waals surface area contributed by atoms with E-state index in [4.69, 9.17) is 9.68 Å². The third kappa shape index (κ3) is 2.90. The molecule has 1 heterocycles. The van der Waals surface area contributed by atoms with E-state index in [2.05, 4.69) is 5.32 Å². The molecule has 0 atom stereocenters. The Kier molecular flexibility index (Phi) is 3.48. The van der Waals surface area contributed by atoms with E-state index in [0.29, 0.717) is 18.0 Å². The molecule has 1 N–H and O–H groups in total. The smallest absolute Gasteiger partial charge is 0.271 e. The van der Waals surface area contributed by atoms with Gasteiger partial charge in [0.05, 0.1) is 11.5 Å². The van der Waals surface area contributed by atoms with Crippen molar-refractivity contribution in [3.8, 4) is 6.07 Å². The maximum absolute atomic E-state index is 10.7. The van der Waals surface area contributed by atoms with Crippen LogP contribution in [0.2, 0.25) is 0 Å². The molecule has 0 aliphatic rings. The number of benzene rings is 1. The molecule has 6 heteroatoms. The molecule has 2 rings (SSSR count).